The maximum atomic E-state index is 13.1. The Morgan fingerprint density at radius 1 is 1.48 bits per heavy atom. The zero-order chi connectivity index (χ0) is 16.0. The minimum atomic E-state index is -0.322. The zero-order valence-electron chi connectivity index (χ0n) is 13.1. The summed E-state index contributed by atoms with van der Waals surface area (Å²) in [5.41, 5.74) is 0. The van der Waals surface area contributed by atoms with Crippen LogP contribution < -0.4 is 0 Å². The number of carbonyl (C=O) groups excluding carboxylic acids is 1. The highest BCUT2D eigenvalue weighted by atomic mass is 32.1. The van der Waals surface area contributed by atoms with Crippen LogP contribution in [-0.2, 0) is 4.79 Å². The van der Waals surface area contributed by atoms with Gasteiger partial charge in [-0.05, 0) is 55.8 Å². The molecule has 122 valence electrons. The molecule has 1 N–H and O–H groups in total. The quantitative estimate of drug-likeness (QED) is 0.862. The van der Waals surface area contributed by atoms with Crippen LogP contribution in [0.1, 0.15) is 38.6 Å². The molecule has 5 nitrogen and oxygen atoms in total. The van der Waals surface area contributed by atoms with Gasteiger partial charge in [-0.15, -0.1) is 11.3 Å². The number of hydrogen-bond acceptors (Lipinski definition) is 4. The normalized spacial score (nSPS) is 24.8. The molecule has 0 radical (unpaired) electrons. The molecule has 1 saturated heterocycles. The molecule has 1 aliphatic heterocycles. The van der Waals surface area contributed by atoms with Crippen LogP contribution in [0.15, 0.2) is 17.5 Å². The Kier molecular flexibility index (Phi) is 3.85. The van der Waals surface area contributed by atoms with Crippen LogP contribution in [-0.4, -0.2) is 38.2 Å². The predicted molar refractivity (Wildman–Crippen MR) is 92.9 cm³/mol. The first-order valence-corrected chi connectivity index (χ1v) is 9.47. The van der Waals surface area contributed by atoms with Crippen molar-refractivity contribution >= 4 is 29.5 Å². The van der Waals surface area contributed by atoms with Gasteiger partial charge in [0.2, 0.25) is 5.91 Å². The molecule has 1 amide bonds. The van der Waals surface area contributed by atoms with Crippen molar-refractivity contribution in [1.82, 2.24) is 19.7 Å². The fraction of sp³-hybridized carbons (Fsp3) is 0.562. The molecule has 2 aromatic heterocycles. The number of fused-ring (bicyclic) bond motifs is 1. The van der Waals surface area contributed by atoms with Gasteiger partial charge in [0, 0.05) is 12.6 Å². The van der Waals surface area contributed by atoms with E-state index in [1.807, 2.05) is 29.0 Å². The summed E-state index contributed by atoms with van der Waals surface area (Å²) < 4.78 is 2.38. The summed E-state index contributed by atoms with van der Waals surface area (Å²) in [7, 11) is 0. The van der Waals surface area contributed by atoms with Gasteiger partial charge in [0.1, 0.15) is 6.04 Å². The second kappa shape index (κ2) is 5.87. The van der Waals surface area contributed by atoms with Gasteiger partial charge in [0.15, 0.2) is 10.6 Å². The van der Waals surface area contributed by atoms with E-state index >= 15 is 0 Å². The number of amides is 1. The lowest BCUT2D eigenvalue weighted by molar-refractivity contribution is -0.135. The molecule has 3 atom stereocenters. The molecule has 1 saturated carbocycles. The number of aromatic nitrogens is 3. The topological polar surface area (TPSA) is 53.9 Å². The van der Waals surface area contributed by atoms with Gasteiger partial charge in [-0.2, -0.15) is 5.10 Å². The Morgan fingerprint density at radius 2 is 2.35 bits per heavy atom. The van der Waals surface area contributed by atoms with E-state index in [1.54, 1.807) is 11.3 Å². The minimum Gasteiger partial charge on any atom is -0.338 e. The number of H-pyrrole nitrogens is 1. The number of nitrogens with one attached hydrogen (secondary N) is 1. The Balaban J connectivity index is 1.65. The fourth-order valence-electron chi connectivity index (χ4n) is 4.10. The molecule has 1 aliphatic carbocycles. The average Bonchev–Trinajstić information content (AvgIpc) is 3.29. The zero-order valence-corrected chi connectivity index (χ0v) is 14.7. The SMILES string of the molecule is CC(C(=O)N1CCC2CCCC21)n1c(-c2cccs2)n[nH]c1=S. The molecule has 2 aliphatic rings. The molecular formula is C16H20N4OS2. The number of nitrogens with zero attached hydrogens (tertiary/aromatic N) is 3. The summed E-state index contributed by atoms with van der Waals surface area (Å²) in [6.07, 6.45) is 4.82. The molecule has 2 fully saturated rings. The summed E-state index contributed by atoms with van der Waals surface area (Å²) >= 11 is 6.99. The second-order valence-electron chi connectivity index (χ2n) is 6.45. The molecule has 2 aromatic rings. The van der Waals surface area contributed by atoms with E-state index in [4.69, 9.17) is 12.2 Å². The number of thiophene rings is 1. The maximum Gasteiger partial charge on any atom is 0.245 e. The van der Waals surface area contributed by atoms with Crippen LogP contribution in [0.4, 0.5) is 0 Å². The van der Waals surface area contributed by atoms with Gasteiger partial charge in [0.25, 0.3) is 0 Å². The molecule has 23 heavy (non-hydrogen) atoms. The van der Waals surface area contributed by atoms with Crippen molar-refractivity contribution in [3.05, 3.63) is 22.3 Å². The first kappa shape index (κ1) is 15.1. The van der Waals surface area contributed by atoms with Crippen LogP contribution >= 0.6 is 23.6 Å². The van der Waals surface area contributed by atoms with Crippen molar-refractivity contribution in [3.8, 4) is 10.7 Å². The van der Waals surface area contributed by atoms with Crippen molar-refractivity contribution in [3.63, 3.8) is 0 Å². The number of carbonyl (C=O) groups is 1. The molecule has 7 heteroatoms. The molecule has 4 rings (SSSR count). The van der Waals surface area contributed by atoms with Crippen LogP contribution in [0.3, 0.4) is 0 Å². The molecule has 0 spiro atoms. The van der Waals surface area contributed by atoms with E-state index in [-0.39, 0.29) is 11.9 Å². The van der Waals surface area contributed by atoms with Crippen LogP contribution in [0.5, 0.6) is 0 Å². The van der Waals surface area contributed by atoms with Crippen molar-refractivity contribution in [2.75, 3.05) is 6.54 Å². The third kappa shape index (κ3) is 2.46. The first-order chi connectivity index (χ1) is 11.2. The van der Waals surface area contributed by atoms with Gasteiger partial charge >= 0.3 is 0 Å². The lowest BCUT2D eigenvalue weighted by Crippen LogP contribution is -2.40. The summed E-state index contributed by atoms with van der Waals surface area (Å²) in [6, 6.07) is 4.11. The predicted octanol–water partition coefficient (Wildman–Crippen LogP) is 3.63. The van der Waals surface area contributed by atoms with Crippen LogP contribution in [0, 0.1) is 10.7 Å². The van der Waals surface area contributed by atoms with Crippen molar-refractivity contribution in [1.29, 1.82) is 0 Å². The summed E-state index contributed by atoms with van der Waals surface area (Å²) in [6.45, 7) is 2.82. The van der Waals surface area contributed by atoms with Crippen molar-refractivity contribution in [2.45, 2.75) is 44.7 Å². The molecular weight excluding hydrogens is 328 g/mol. The summed E-state index contributed by atoms with van der Waals surface area (Å²) in [5.74, 6) is 1.64. The smallest absolute Gasteiger partial charge is 0.245 e. The van der Waals surface area contributed by atoms with Gasteiger partial charge in [0.05, 0.1) is 4.88 Å². The maximum absolute atomic E-state index is 13.1. The van der Waals surface area contributed by atoms with Crippen molar-refractivity contribution < 1.29 is 4.79 Å². The third-order valence-corrected chi connectivity index (χ3v) is 6.39. The lowest BCUT2D eigenvalue weighted by atomic mass is 10.0. The number of aromatic amines is 1. The van der Waals surface area contributed by atoms with Gasteiger partial charge in [-0.1, -0.05) is 12.5 Å². The highest BCUT2D eigenvalue weighted by molar-refractivity contribution is 7.71. The molecule has 3 unspecified atom stereocenters. The summed E-state index contributed by atoms with van der Waals surface area (Å²) in [4.78, 5) is 16.2. The van der Waals surface area contributed by atoms with E-state index in [0.717, 1.165) is 30.1 Å². The van der Waals surface area contributed by atoms with Gasteiger partial charge in [-0.3, -0.25) is 14.5 Å². The van der Waals surface area contributed by atoms with E-state index in [2.05, 4.69) is 15.1 Å². The minimum absolute atomic E-state index is 0.176. The molecule has 0 bridgehead atoms. The standard InChI is InChI=1S/C16H20N4OS2/c1-10(15(21)19-8-7-11-4-2-5-12(11)19)20-14(17-18-16(20)22)13-6-3-9-23-13/h3,6,9-12H,2,4-5,7-8H2,1H3,(H,18,22). The Morgan fingerprint density at radius 3 is 3.13 bits per heavy atom. The second-order valence-corrected chi connectivity index (χ2v) is 7.79. The number of likely N-dealkylation sites (tertiary alicyclic amines) is 1. The van der Waals surface area contributed by atoms with Crippen LogP contribution in [0.25, 0.3) is 10.7 Å². The average molecular weight is 348 g/mol. The highest BCUT2D eigenvalue weighted by Gasteiger charge is 2.41. The number of rotatable bonds is 3. The molecule has 0 aromatic carbocycles. The molecule has 3 heterocycles. The third-order valence-electron chi connectivity index (χ3n) is 5.23. The Bertz CT molecular complexity index is 763. The highest BCUT2D eigenvalue weighted by Crippen LogP contribution is 2.39. The van der Waals surface area contributed by atoms with Crippen LogP contribution in [0.2, 0.25) is 0 Å². The van der Waals surface area contributed by atoms with E-state index < -0.39 is 0 Å². The Hall–Kier alpha value is -1.47. The monoisotopic (exact) mass is 348 g/mol. The lowest BCUT2D eigenvalue weighted by Gasteiger charge is -2.27. The first-order valence-electron chi connectivity index (χ1n) is 8.18. The van der Waals surface area contributed by atoms with E-state index in [0.29, 0.717) is 16.7 Å². The fourth-order valence-corrected chi connectivity index (χ4v) is 5.10. The summed E-state index contributed by atoms with van der Waals surface area (Å²) in [5, 5.41) is 9.20. The Labute approximate surface area is 144 Å². The van der Waals surface area contributed by atoms with Crippen molar-refractivity contribution in [2.24, 2.45) is 5.92 Å². The largest absolute Gasteiger partial charge is 0.338 e. The van der Waals surface area contributed by atoms with E-state index in [9.17, 15) is 4.79 Å². The van der Waals surface area contributed by atoms with Gasteiger partial charge < -0.3 is 4.90 Å². The van der Waals surface area contributed by atoms with E-state index in [1.165, 1.54) is 12.8 Å². The van der Waals surface area contributed by atoms with Gasteiger partial charge in [-0.25, -0.2) is 0 Å². The number of hydrogen-bond donors (Lipinski definition) is 1.